The standard InChI is InChI=1S/C28H29NO6S/c1-17-25(16-36-24-13-9-21(10-14-24)27(32)33)34-28(22-7-11-23(12-8-22)29-18(2)31)35-26(17)20-5-3-19(15-30)4-6-20/h3-14,17,25-26,28,30H,15-16H2,1-2H3,(H,29,31)(H,32,33)/t17-,25+,26+,28+/m1/s1. The molecule has 1 amide bonds. The first kappa shape index (κ1) is 25.9. The maximum absolute atomic E-state index is 11.4. The van der Waals surface area contributed by atoms with Crippen LogP contribution >= 0.6 is 11.8 Å². The lowest BCUT2D eigenvalue weighted by atomic mass is 9.91. The third-order valence-electron chi connectivity index (χ3n) is 6.14. The van der Waals surface area contributed by atoms with E-state index in [9.17, 15) is 14.7 Å². The van der Waals surface area contributed by atoms with Crippen LogP contribution < -0.4 is 5.32 Å². The summed E-state index contributed by atoms with van der Waals surface area (Å²) in [6.07, 6.45) is -0.980. The monoisotopic (exact) mass is 507 g/mol. The second-order valence-corrected chi connectivity index (χ2v) is 9.86. The first-order valence-corrected chi connectivity index (χ1v) is 12.7. The minimum Gasteiger partial charge on any atom is -0.478 e. The predicted octanol–water partition coefficient (Wildman–Crippen LogP) is 5.42. The van der Waals surface area contributed by atoms with E-state index in [1.165, 1.54) is 6.92 Å². The van der Waals surface area contributed by atoms with Crippen molar-refractivity contribution >= 4 is 29.3 Å². The average Bonchev–Trinajstić information content (AvgIpc) is 2.88. The van der Waals surface area contributed by atoms with Gasteiger partial charge in [0.2, 0.25) is 5.91 Å². The molecule has 7 nitrogen and oxygen atoms in total. The third-order valence-corrected chi connectivity index (χ3v) is 7.24. The Balaban J connectivity index is 1.55. The first-order chi connectivity index (χ1) is 17.3. The fourth-order valence-electron chi connectivity index (χ4n) is 4.11. The van der Waals surface area contributed by atoms with Gasteiger partial charge in [-0.25, -0.2) is 4.79 Å². The van der Waals surface area contributed by atoms with Gasteiger partial charge in [-0.3, -0.25) is 4.79 Å². The number of thioether (sulfide) groups is 1. The molecule has 1 saturated heterocycles. The number of carbonyl (C=O) groups excluding carboxylic acids is 1. The van der Waals surface area contributed by atoms with Crippen molar-refractivity contribution in [3.05, 3.63) is 95.1 Å². The van der Waals surface area contributed by atoms with E-state index >= 15 is 0 Å². The average molecular weight is 508 g/mol. The number of hydrogen-bond donors (Lipinski definition) is 3. The van der Waals surface area contributed by atoms with Crippen LogP contribution in [0.15, 0.2) is 77.7 Å². The summed E-state index contributed by atoms with van der Waals surface area (Å²) in [6, 6.07) is 22.0. The quantitative estimate of drug-likeness (QED) is 0.350. The number of amides is 1. The fraction of sp³-hybridized carbons (Fsp3) is 0.286. The highest BCUT2D eigenvalue weighted by Crippen LogP contribution is 2.43. The van der Waals surface area contributed by atoms with Gasteiger partial charge in [0, 0.05) is 34.7 Å². The molecule has 4 rings (SSSR count). The maximum atomic E-state index is 11.4. The molecular weight excluding hydrogens is 478 g/mol. The van der Waals surface area contributed by atoms with Crippen LogP contribution in [0.1, 0.15) is 53.3 Å². The summed E-state index contributed by atoms with van der Waals surface area (Å²) in [4.78, 5) is 23.5. The van der Waals surface area contributed by atoms with Gasteiger partial charge in [0.05, 0.1) is 24.4 Å². The number of carboxylic acids is 1. The number of ether oxygens (including phenoxy) is 2. The zero-order valence-corrected chi connectivity index (χ0v) is 20.9. The number of carbonyl (C=O) groups is 2. The number of anilines is 1. The van der Waals surface area contributed by atoms with E-state index < -0.39 is 12.3 Å². The summed E-state index contributed by atoms with van der Waals surface area (Å²) in [5.74, 6) is -0.398. The minimum atomic E-state index is -0.949. The number of rotatable bonds is 8. The molecule has 1 heterocycles. The van der Waals surface area contributed by atoms with Crippen LogP contribution in [0.3, 0.4) is 0 Å². The molecule has 0 spiro atoms. The number of aromatic carboxylic acids is 1. The zero-order chi connectivity index (χ0) is 25.7. The third kappa shape index (κ3) is 6.33. The van der Waals surface area contributed by atoms with E-state index in [1.807, 2.05) is 48.5 Å². The van der Waals surface area contributed by atoms with Crippen molar-refractivity contribution in [2.75, 3.05) is 11.1 Å². The van der Waals surface area contributed by atoms with Gasteiger partial charge in [0.15, 0.2) is 6.29 Å². The van der Waals surface area contributed by atoms with Crippen LogP contribution in [-0.2, 0) is 20.9 Å². The predicted molar refractivity (Wildman–Crippen MR) is 138 cm³/mol. The first-order valence-electron chi connectivity index (χ1n) is 11.7. The van der Waals surface area contributed by atoms with Crippen molar-refractivity contribution in [2.24, 2.45) is 5.92 Å². The van der Waals surface area contributed by atoms with Crippen LogP contribution in [0.25, 0.3) is 0 Å². The zero-order valence-electron chi connectivity index (χ0n) is 20.1. The van der Waals surface area contributed by atoms with E-state index in [-0.39, 0.29) is 36.2 Å². The topological polar surface area (TPSA) is 105 Å². The molecule has 3 aromatic carbocycles. The molecule has 0 saturated carbocycles. The highest BCUT2D eigenvalue weighted by atomic mass is 32.2. The molecule has 1 aliphatic heterocycles. The molecule has 0 radical (unpaired) electrons. The van der Waals surface area contributed by atoms with E-state index in [4.69, 9.17) is 14.6 Å². The molecule has 188 valence electrons. The highest BCUT2D eigenvalue weighted by molar-refractivity contribution is 7.99. The summed E-state index contributed by atoms with van der Waals surface area (Å²) >= 11 is 1.61. The number of carboxylic acid groups (broad SMARTS) is 1. The molecule has 0 unspecified atom stereocenters. The summed E-state index contributed by atoms with van der Waals surface area (Å²) < 4.78 is 12.9. The SMILES string of the molecule is CC(=O)Nc1ccc([C@H]2O[C@@H](CSc3ccc(C(=O)O)cc3)[C@@H](C)[C@@H](c3ccc(CO)cc3)O2)cc1. The van der Waals surface area contributed by atoms with Gasteiger partial charge in [-0.1, -0.05) is 43.3 Å². The molecule has 3 N–H and O–H groups in total. The van der Waals surface area contributed by atoms with Crippen molar-refractivity contribution in [1.29, 1.82) is 0 Å². The summed E-state index contributed by atoms with van der Waals surface area (Å²) in [5.41, 5.74) is 3.63. The lowest BCUT2D eigenvalue weighted by Gasteiger charge is -2.41. The van der Waals surface area contributed by atoms with Gasteiger partial charge >= 0.3 is 5.97 Å². The van der Waals surface area contributed by atoms with Gasteiger partial charge < -0.3 is 25.0 Å². The summed E-state index contributed by atoms with van der Waals surface area (Å²) in [6.45, 7) is 3.54. The molecule has 1 aliphatic rings. The smallest absolute Gasteiger partial charge is 0.335 e. The van der Waals surface area contributed by atoms with E-state index in [0.29, 0.717) is 11.4 Å². The van der Waals surface area contributed by atoms with Gasteiger partial charge in [0.25, 0.3) is 0 Å². The summed E-state index contributed by atoms with van der Waals surface area (Å²) in [7, 11) is 0. The van der Waals surface area contributed by atoms with Crippen LogP contribution in [0.4, 0.5) is 5.69 Å². The molecule has 36 heavy (non-hydrogen) atoms. The van der Waals surface area contributed by atoms with Gasteiger partial charge in [-0.15, -0.1) is 11.8 Å². The lowest BCUT2D eigenvalue weighted by molar-refractivity contribution is -0.268. The van der Waals surface area contributed by atoms with Gasteiger partial charge in [-0.2, -0.15) is 0 Å². The molecule has 3 aromatic rings. The molecule has 0 bridgehead atoms. The van der Waals surface area contributed by atoms with Crippen molar-refractivity contribution < 1.29 is 29.3 Å². The van der Waals surface area contributed by atoms with Crippen molar-refractivity contribution in [2.45, 2.75) is 43.8 Å². The molecule has 1 fully saturated rings. The second-order valence-electron chi connectivity index (χ2n) is 8.77. The normalized spacial score (nSPS) is 21.6. The van der Waals surface area contributed by atoms with Gasteiger partial charge in [-0.05, 0) is 47.5 Å². The molecule has 8 heteroatoms. The molecule has 0 aliphatic carbocycles. The Kier molecular flexibility index (Phi) is 8.43. The molecule has 4 atom stereocenters. The minimum absolute atomic E-state index is 0.0202. The Labute approximate surface area is 214 Å². The Morgan fingerprint density at radius 2 is 1.56 bits per heavy atom. The number of hydrogen-bond acceptors (Lipinski definition) is 6. The van der Waals surface area contributed by atoms with Crippen molar-refractivity contribution in [3.63, 3.8) is 0 Å². The number of benzene rings is 3. The van der Waals surface area contributed by atoms with Crippen molar-refractivity contribution in [1.82, 2.24) is 0 Å². The van der Waals surface area contributed by atoms with E-state index in [2.05, 4.69) is 12.2 Å². The number of aliphatic hydroxyl groups excluding tert-OH is 1. The van der Waals surface area contributed by atoms with Gasteiger partial charge in [0.1, 0.15) is 0 Å². The second kappa shape index (κ2) is 11.7. The largest absolute Gasteiger partial charge is 0.478 e. The molecular formula is C28H29NO6S. The Hall–Kier alpha value is -3.17. The van der Waals surface area contributed by atoms with Crippen LogP contribution in [0.5, 0.6) is 0 Å². The lowest BCUT2D eigenvalue weighted by Crippen LogP contribution is -2.38. The van der Waals surface area contributed by atoms with Crippen molar-refractivity contribution in [3.8, 4) is 0 Å². The van der Waals surface area contributed by atoms with Crippen LogP contribution in [-0.4, -0.2) is 33.9 Å². The van der Waals surface area contributed by atoms with E-state index in [0.717, 1.165) is 21.6 Å². The highest BCUT2D eigenvalue weighted by Gasteiger charge is 2.38. The Morgan fingerprint density at radius 1 is 0.917 bits per heavy atom. The molecule has 0 aromatic heterocycles. The summed E-state index contributed by atoms with van der Waals surface area (Å²) in [5, 5.41) is 21.3. The van der Waals surface area contributed by atoms with Crippen LogP contribution in [0.2, 0.25) is 0 Å². The number of aliphatic hydroxyl groups is 1. The number of nitrogens with one attached hydrogen (secondary N) is 1. The van der Waals surface area contributed by atoms with E-state index in [1.54, 1.807) is 36.0 Å². The fourth-order valence-corrected chi connectivity index (χ4v) is 5.18. The Morgan fingerprint density at radius 3 is 2.14 bits per heavy atom. The Bertz CT molecular complexity index is 1180. The van der Waals surface area contributed by atoms with Crippen LogP contribution in [0, 0.1) is 5.92 Å². The maximum Gasteiger partial charge on any atom is 0.335 e.